The maximum atomic E-state index is 12.3. The lowest BCUT2D eigenvalue weighted by Gasteiger charge is -2.07. The van der Waals surface area contributed by atoms with Crippen molar-refractivity contribution in [3.05, 3.63) is 60.2 Å². The summed E-state index contributed by atoms with van der Waals surface area (Å²) < 4.78 is 1.57. The van der Waals surface area contributed by atoms with E-state index >= 15 is 0 Å². The van der Waals surface area contributed by atoms with Crippen molar-refractivity contribution in [1.29, 1.82) is 5.26 Å². The van der Waals surface area contributed by atoms with Crippen LogP contribution < -0.4 is 5.32 Å². The Bertz CT molecular complexity index is 839. The predicted octanol–water partition coefficient (Wildman–Crippen LogP) is 4.46. The van der Waals surface area contributed by atoms with E-state index in [-0.39, 0.29) is 11.3 Å². The summed E-state index contributed by atoms with van der Waals surface area (Å²) in [6.07, 6.45) is 1.39. The molecule has 6 heteroatoms. The number of nitriles is 1. The molecule has 2 N–H and O–H groups in total. The standard InChI is InChI=1S/C17H12I2N2O2/c1-10-3-2-4-14(5-10)21-17(23)12(9-20)6-11-7-13(18)8-15(19)16(11)22/h2-8,22H,1H3,(H,21,23). The number of aryl methyl sites for hydroxylation is 1. The molecule has 2 rings (SSSR count). The fraction of sp³-hybridized carbons (Fsp3) is 0.0588. The quantitative estimate of drug-likeness (QED) is 0.350. The number of rotatable bonds is 3. The fourth-order valence-corrected chi connectivity index (χ4v) is 3.81. The third-order valence-electron chi connectivity index (χ3n) is 3.00. The topological polar surface area (TPSA) is 73.1 Å². The van der Waals surface area contributed by atoms with Gasteiger partial charge in [-0.2, -0.15) is 5.26 Å². The number of carbonyl (C=O) groups is 1. The molecule has 0 bridgehead atoms. The van der Waals surface area contributed by atoms with Gasteiger partial charge in [-0.3, -0.25) is 4.79 Å². The number of hydrogen-bond donors (Lipinski definition) is 2. The Morgan fingerprint density at radius 3 is 2.70 bits per heavy atom. The number of phenols is 1. The molecule has 2 aromatic carbocycles. The molecule has 0 aromatic heterocycles. The molecule has 0 unspecified atom stereocenters. The van der Waals surface area contributed by atoms with Crippen LogP contribution in [0.25, 0.3) is 6.08 Å². The Kier molecular flexibility index (Phi) is 6.01. The molecular formula is C17H12I2N2O2. The lowest BCUT2D eigenvalue weighted by molar-refractivity contribution is -0.112. The van der Waals surface area contributed by atoms with Gasteiger partial charge in [-0.15, -0.1) is 0 Å². The van der Waals surface area contributed by atoms with Crippen LogP contribution in [0.2, 0.25) is 0 Å². The van der Waals surface area contributed by atoms with Gasteiger partial charge in [0, 0.05) is 14.8 Å². The monoisotopic (exact) mass is 530 g/mol. The molecule has 0 aliphatic heterocycles. The Hall–Kier alpha value is -1.60. The van der Waals surface area contributed by atoms with E-state index in [1.165, 1.54) is 6.08 Å². The predicted molar refractivity (Wildman–Crippen MR) is 107 cm³/mol. The summed E-state index contributed by atoms with van der Waals surface area (Å²) in [4.78, 5) is 12.3. The van der Waals surface area contributed by atoms with E-state index in [9.17, 15) is 15.2 Å². The van der Waals surface area contributed by atoms with E-state index < -0.39 is 5.91 Å². The first-order chi connectivity index (χ1) is 10.9. The molecule has 0 aliphatic carbocycles. The van der Waals surface area contributed by atoms with Crippen molar-refractivity contribution in [1.82, 2.24) is 0 Å². The molecule has 0 spiro atoms. The molecule has 0 atom stereocenters. The smallest absolute Gasteiger partial charge is 0.266 e. The van der Waals surface area contributed by atoms with Crippen LogP contribution in [0, 0.1) is 25.4 Å². The van der Waals surface area contributed by atoms with Crippen molar-refractivity contribution in [2.45, 2.75) is 6.92 Å². The minimum Gasteiger partial charge on any atom is -0.506 e. The van der Waals surface area contributed by atoms with Crippen LogP contribution in [-0.4, -0.2) is 11.0 Å². The van der Waals surface area contributed by atoms with Crippen molar-refractivity contribution in [2.75, 3.05) is 5.32 Å². The first kappa shape index (κ1) is 17.7. The van der Waals surface area contributed by atoms with Gasteiger partial charge in [-0.05, 0) is 88.0 Å². The summed E-state index contributed by atoms with van der Waals surface area (Å²) in [5, 5.41) is 22.0. The molecule has 0 saturated heterocycles. The number of anilines is 1. The summed E-state index contributed by atoms with van der Waals surface area (Å²) in [7, 11) is 0. The lowest BCUT2D eigenvalue weighted by Crippen LogP contribution is -2.13. The summed E-state index contributed by atoms with van der Waals surface area (Å²) in [6, 6.07) is 12.7. The zero-order chi connectivity index (χ0) is 17.0. The number of hydrogen-bond acceptors (Lipinski definition) is 3. The van der Waals surface area contributed by atoms with Gasteiger partial charge < -0.3 is 10.4 Å². The number of halogens is 2. The summed E-state index contributed by atoms with van der Waals surface area (Å²) >= 11 is 4.12. The first-order valence-electron chi connectivity index (χ1n) is 6.58. The average molecular weight is 530 g/mol. The molecule has 0 radical (unpaired) electrons. The third-order valence-corrected chi connectivity index (χ3v) is 4.44. The van der Waals surface area contributed by atoms with E-state index in [4.69, 9.17) is 0 Å². The van der Waals surface area contributed by atoms with Crippen LogP contribution in [-0.2, 0) is 4.79 Å². The van der Waals surface area contributed by atoms with Gasteiger partial charge in [0.05, 0.1) is 3.57 Å². The van der Waals surface area contributed by atoms with Gasteiger partial charge in [0.2, 0.25) is 0 Å². The Labute approximate surface area is 161 Å². The third kappa shape index (κ3) is 4.68. The lowest BCUT2D eigenvalue weighted by atomic mass is 10.1. The summed E-state index contributed by atoms with van der Waals surface area (Å²) in [5.74, 6) is -0.450. The maximum absolute atomic E-state index is 12.3. The van der Waals surface area contributed by atoms with E-state index in [0.717, 1.165) is 9.13 Å². The first-order valence-corrected chi connectivity index (χ1v) is 8.74. The number of benzene rings is 2. The van der Waals surface area contributed by atoms with Gasteiger partial charge in [0.15, 0.2) is 0 Å². The zero-order valence-corrected chi connectivity index (χ0v) is 16.4. The highest BCUT2D eigenvalue weighted by Crippen LogP contribution is 2.28. The second kappa shape index (κ2) is 7.79. The number of nitrogens with zero attached hydrogens (tertiary/aromatic N) is 1. The maximum Gasteiger partial charge on any atom is 0.266 e. The molecule has 0 fully saturated rings. The van der Waals surface area contributed by atoms with Crippen LogP contribution >= 0.6 is 45.2 Å². The SMILES string of the molecule is Cc1cccc(NC(=O)C(C#N)=Cc2cc(I)cc(I)c2O)c1. The van der Waals surface area contributed by atoms with E-state index in [1.54, 1.807) is 12.1 Å². The summed E-state index contributed by atoms with van der Waals surface area (Å²) in [5.41, 5.74) is 2.00. The molecule has 2 aromatic rings. The zero-order valence-electron chi connectivity index (χ0n) is 12.1. The normalized spacial score (nSPS) is 11.0. The Balaban J connectivity index is 2.32. The second-order valence-corrected chi connectivity index (χ2v) is 7.23. The minimum absolute atomic E-state index is 0.0575. The van der Waals surface area contributed by atoms with Crippen molar-refractivity contribution in [3.8, 4) is 11.8 Å². The Morgan fingerprint density at radius 1 is 1.30 bits per heavy atom. The van der Waals surface area contributed by atoms with Crippen LogP contribution in [0.5, 0.6) is 5.75 Å². The molecule has 23 heavy (non-hydrogen) atoms. The fourth-order valence-electron chi connectivity index (χ4n) is 1.92. The molecule has 116 valence electrons. The highest BCUT2D eigenvalue weighted by atomic mass is 127. The van der Waals surface area contributed by atoms with E-state index in [0.29, 0.717) is 14.8 Å². The minimum atomic E-state index is -0.508. The van der Waals surface area contributed by atoms with Crippen LogP contribution in [0.4, 0.5) is 5.69 Å². The molecule has 0 saturated carbocycles. The Morgan fingerprint density at radius 2 is 2.04 bits per heavy atom. The molecule has 4 nitrogen and oxygen atoms in total. The van der Waals surface area contributed by atoms with E-state index in [2.05, 4.69) is 27.9 Å². The van der Waals surface area contributed by atoms with Gasteiger partial charge in [-0.25, -0.2) is 0 Å². The second-order valence-electron chi connectivity index (χ2n) is 4.82. The van der Waals surface area contributed by atoms with Crippen molar-refractivity contribution in [3.63, 3.8) is 0 Å². The average Bonchev–Trinajstić information content (AvgIpc) is 2.49. The number of amides is 1. The van der Waals surface area contributed by atoms with Crippen molar-refractivity contribution >= 4 is 62.9 Å². The number of phenolic OH excluding ortho intramolecular Hbond substituents is 1. The van der Waals surface area contributed by atoms with E-state index in [1.807, 2.05) is 59.8 Å². The van der Waals surface area contributed by atoms with Gasteiger partial charge >= 0.3 is 0 Å². The van der Waals surface area contributed by atoms with Crippen LogP contribution in [0.1, 0.15) is 11.1 Å². The molecule has 0 aliphatic rings. The highest BCUT2D eigenvalue weighted by Gasteiger charge is 2.12. The number of aromatic hydroxyl groups is 1. The molecular weight excluding hydrogens is 518 g/mol. The van der Waals surface area contributed by atoms with Gasteiger partial charge in [0.1, 0.15) is 17.4 Å². The number of carbonyl (C=O) groups excluding carboxylic acids is 1. The largest absolute Gasteiger partial charge is 0.506 e. The van der Waals surface area contributed by atoms with Crippen LogP contribution in [0.3, 0.4) is 0 Å². The van der Waals surface area contributed by atoms with Gasteiger partial charge in [0.25, 0.3) is 5.91 Å². The molecule has 0 heterocycles. The highest BCUT2D eigenvalue weighted by molar-refractivity contribution is 14.1. The van der Waals surface area contributed by atoms with Gasteiger partial charge in [-0.1, -0.05) is 12.1 Å². The van der Waals surface area contributed by atoms with Crippen LogP contribution in [0.15, 0.2) is 42.0 Å². The summed E-state index contributed by atoms with van der Waals surface area (Å²) in [6.45, 7) is 1.92. The molecule has 1 amide bonds. The van der Waals surface area contributed by atoms with Crippen molar-refractivity contribution < 1.29 is 9.90 Å². The van der Waals surface area contributed by atoms with Crippen molar-refractivity contribution in [2.24, 2.45) is 0 Å². The number of nitrogens with one attached hydrogen (secondary N) is 1.